The Morgan fingerprint density at radius 2 is 2.24 bits per heavy atom. The van der Waals surface area contributed by atoms with Gasteiger partial charge < -0.3 is 4.90 Å². The van der Waals surface area contributed by atoms with Crippen molar-refractivity contribution in [1.82, 2.24) is 25.1 Å². The first-order valence-electron chi connectivity index (χ1n) is 8.93. The molecule has 134 valence electrons. The number of nitrogens with zero attached hydrogens (tertiary/aromatic N) is 5. The van der Waals surface area contributed by atoms with Crippen molar-refractivity contribution in [2.24, 2.45) is 5.92 Å². The summed E-state index contributed by atoms with van der Waals surface area (Å²) in [5.41, 5.74) is 0.763. The number of likely N-dealkylation sites (tertiary alicyclic amines) is 1. The third kappa shape index (κ3) is 4.18. The monoisotopic (exact) mass is 361 g/mol. The van der Waals surface area contributed by atoms with E-state index < -0.39 is 0 Å². The van der Waals surface area contributed by atoms with Crippen molar-refractivity contribution in [3.05, 3.63) is 35.1 Å². The Kier molecular flexibility index (Phi) is 5.68. The van der Waals surface area contributed by atoms with Gasteiger partial charge in [0.25, 0.3) is 0 Å². The van der Waals surface area contributed by atoms with Crippen molar-refractivity contribution in [3.8, 4) is 5.69 Å². The van der Waals surface area contributed by atoms with E-state index in [2.05, 4.69) is 29.3 Å². The maximum Gasteiger partial charge on any atom is 0.223 e. The molecule has 1 fully saturated rings. The summed E-state index contributed by atoms with van der Waals surface area (Å²) in [6.45, 7) is 5.00. The average molecular weight is 362 g/mol. The summed E-state index contributed by atoms with van der Waals surface area (Å²) in [4.78, 5) is 16.1. The largest absolute Gasteiger partial charge is 0.332 e. The van der Waals surface area contributed by atoms with Gasteiger partial charge >= 0.3 is 0 Å². The molecule has 0 spiro atoms. The van der Waals surface area contributed by atoms with E-state index in [1.165, 1.54) is 4.80 Å². The van der Waals surface area contributed by atoms with E-state index >= 15 is 0 Å². The molecule has 0 N–H and O–H groups in total. The first-order chi connectivity index (χ1) is 12.1. The smallest absolute Gasteiger partial charge is 0.223 e. The second kappa shape index (κ2) is 7.95. The maximum absolute atomic E-state index is 12.7. The molecule has 3 rings (SSSR count). The van der Waals surface area contributed by atoms with Crippen molar-refractivity contribution < 1.29 is 4.79 Å². The van der Waals surface area contributed by atoms with Crippen LogP contribution in [0.5, 0.6) is 0 Å². The summed E-state index contributed by atoms with van der Waals surface area (Å²) in [5, 5.41) is 13.5. The van der Waals surface area contributed by atoms with Crippen LogP contribution in [0.2, 0.25) is 5.02 Å². The van der Waals surface area contributed by atoms with Crippen LogP contribution in [-0.4, -0.2) is 37.6 Å². The number of rotatable bonds is 5. The first kappa shape index (κ1) is 17.9. The maximum atomic E-state index is 12.7. The van der Waals surface area contributed by atoms with Gasteiger partial charge in [0.1, 0.15) is 0 Å². The quantitative estimate of drug-likeness (QED) is 0.812. The molecule has 6 nitrogen and oxygen atoms in total. The second-order valence-electron chi connectivity index (χ2n) is 6.73. The minimum absolute atomic E-state index is 0.0850. The zero-order valence-corrected chi connectivity index (χ0v) is 15.5. The molecule has 2 aromatic rings. The van der Waals surface area contributed by atoms with Gasteiger partial charge in [-0.2, -0.15) is 0 Å². The highest BCUT2D eigenvalue weighted by atomic mass is 35.5. The summed E-state index contributed by atoms with van der Waals surface area (Å²) >= 11 is 6.03. The van der Waals surface area contributed by atoms with Gasteiger partial charge in [0.05, 0.1) is 11.7 Å². The number of amides is 1. The zero-order valence-electron chi connectivity index (χ0n) is 14.7. The molecule has 2 unspecified atom stereocenters. The highest BCUT2D eigenvalue weighted by molar-refractivity contribution is 6.30. The lowest BCUT2D eigenvalue weighted by atomic mass is 9.98. The molecule has 2 heterocycles. The number of carbonyl (C=O) groups excluding carboxylic acids is 1. The second-order valence-corrected chi connectivity index (χ2v) is 7.17. The number of tetrazole rings is 1. The van der Waals surface area contributed by atoms with E-state index in [4.69, 9.17) is 11.6 Å². The minimum Gasteiger partial charge on any atom is -0.332 e. The molecule has 1 aliphatic heterocycles. The topological polar surface area (TPSA) is 63.9 Å². The Morgan fingerprint density at radius 3 is 3.00 bits per heavy atom. The molecule has 0 saturated carbocycles. The third-order valence-corrected chi connectivity index (χ3v) is 5.04. The molecular formula is C18H24ClN5O. The van der Waals surface area contributed by atoms with Gasteiger partial charge in [0.2, 0.25) is 5.91 Å². The first-order valence-corrected chi connectivity index (χ1v) is 9.31. The van der Waals surface area contributed by atoms with E-state index in [0.29, 0.717) is 23.2 Å². The summed E-state index contributed by atoms with van der Waals surface area (Å²) in [5.74, 6) is 1.19. The number of halogens is 1. The number of carbonyl (C=O) groups is 1. The van der Waals surface area contributed by atoms with Gasteiger partial charge in [-0.1, -0.05) is 37.9 Å². The van der Waals surface area contributed by atoms with Gasteiger partial charge in [0.15, 0.2) is 5.82 Å². The Hall–Kier alpha value is -1.95. The summed E-state index contributed by atoms with van der Waals surface area (Å²) < 4.78 is 0. The fourth-order valence-corrected chi connectivity index (χ4v) is 3.31. The molecule has 1 aromatic heterocycles. The lowest BCUT2D eigenvalue weighted by molar-refractivity contribution is -0.136. The van der Waals surface area contributed by atoms with Crippen LogP contribution in [-0.2, 0) is 4.79 Å². The summed E-state index contributed by atoms with van der Waals surface area (Å²) in [7, 11) is 0. The summed E-state index contributed by atoms with van der Waals surface area (Å²) in [6.07, 6.45) is 4.57. The predicted octanol–water partition coefficient (Wildman–Crippen LogP) is 3.81. The number of hydrogen-bond donors (Lipinski definition) is 0. The predicted molar refractivity (Wildman–Crippen MR) is 96.5 cm³/mol. The van der Waals surface area contributed by atoms with E-state index in [1.807, 2.05) is 17.0 Å². The molecule has 1 amide bonds. The fourth-order valence-electron chi connectivity index (χ4n) is 3.13. The number of benzene rings is 1. The van der Waals surface area contributed by atoms with E-state index in [-0.39, 0.29) is 11.9 Å². The highest BCUT2D eigenvalue weighted by Gasteiger charge is 2.31. The normalized spacial score (nSPS) is 19.0. The van der Waals surface area contributed by atoms with Gasteiger partial charge in [-0.15, -0.1) is 15.0 Å². The van der Waals surface area contributed by atoms with Crippen LogP contribution in [0.3, 0.4) is 0 Å². The van der Waals surface area contributed by atoms with Crippen molar-refractivity contribution >= 4 is 17.5 Å². The van der Waals surface area contributed by atoms with Crippen molar-refractivity contribution in [3.63, 3.8) is 0 Å². The van der Waals surface area contributed by atoms with Crippen LogP contribution in [0.15, 0.2) is 24.3 Å². The average Bonchev–Trinajstić information content (AvgIpc) is 3.11. The highest BCUT2D eigenvalue weighted by Crippen LogP contribution is 2.30. The Morgan fingerprint density at radius 1 is 1.40 bits per heavy atom. The fraction of sp³-hybridized carbons (Fsp3) is 0.556. The number of aromatic nitrogens is 4. The van der Waals surface area contributed by atoms with Crippen LogP contribution >= 0.6 is 11.6 Å². The molecule has 2 atom stereocenters. The molecule has 0 bridgehead atoms. The lowest BCUT2D eigenvalue weighted by Crippen LogP contribution is -2.39. The molecular weight excluding hydrogens is 338 g/mol. The van der Waals surface area contributed by atoms with Crippen LogP contribution in [0.1, 0.15) is 57.8 Å². The zero-order chi connectivity index (χ0) is 17.8. The SMILES string of the molecule is CCC(C)CC(=O)N1CCCCC1c1nnn(-c2cccc(Cl)c2)n1. The minimum atomic E-state index is -0.0850. The molecule has 1 aliphatic rings. The van der Waals surface area contributed by atoms with Crippen LogP contribution < -0.4 is 0 Å². The summed E-state index contributed by atoms with van der Waals surface area (Å²) in [6, 6.07) is 7.24. The van der Waals surface area contributed by atoms with Gasteiger partial charge in [-0.25, -0.2) is 0 Å². The van der Waals surface area contributed by atoms with E-state index in [0.717, 1.165) is 37.9 Å². The van der Waals surface area contributed by atoms with Crippen molar-refractivity contribution in [2.75, 3.05) is 6.54 Å². The Bertz CT molecular complexity index is 732. The van der Waals surface area contributed by atoms with Gasteiger partial charge in [0, 0.05) is 18.0 Å². The molecule has 7 heteroatoms. The van der Waals surface area contributed by atoms with E-state index in [1.54, 1.807) is 12.1 Å². The number of piperidine rings is 1. The number of hydrogen-bond acceptors (Lipinski definition) is 4. The van der Waals surface area contributed by atoms with Crippen LogP contribution in [0.4, 0.5) is 0 Å². The van der Waals surface area contributed by atoms with Gasteiger partial charge in [-0.05, 0) is 48.6 Å². The standard InChI is InChI=1S/C18H24ClN5O/c1-3-13(2)11-17(25)23-10-5-4-9-16(23)18-20-22-24(21-18)15-8-6-7-14(19)12-15/h6-8,12-13,16H,3-5,9-11H2,1-2H3. The Labute approximate surface area is 153 Å². The lowest BCUT2D eigenvalue weighted by Gasteiger charge is -2.34. The van der Waals surface area contributed by atoms with E-state index in [9.17, 15) is 4.79 Å². The van der Waals surface area contributed by atoms with Crippen molar-refractivity contribution in [1.29, 1.82) is 0 Å². The Balaban J connectivity index is 1.80. The van der Waals surface area contributed by atoms with Crippen molar-refractivity contribution in [2.45, 2.75) is 52.0 Å². The van der Waals surface area contributed by atoms with Crippen LogP contribution in [0, 0.1) is 5.92 Å². The molecule has 1 aromatic carbocycles. The molecule has 25 heavy (non-hydrogen) atoms. The van der Waals surface area contributed by atoms with Gasteiger partial charge in [-0.3, -0.25) is 4.79 Å². The molecule has 0 aliphatic carbocycles. The van der Waals surface area contributed by atoms with Crippen LogP contribution in [0.25, 0.3) is 5.69 Å². The molecule has 0 radical (unpaired) electrons. The molecule has 1 saturated heterocycles. The third-order valence-electron chi connectivity index (χ3n) is 4.81.